The summed E-state index contributed by atoms with van der Waals surface area (Å²) >= 11 is 7.56. The number of rotatable bonds is 4. The van der Waals surface area contributed by atoms with Crippen molar-refractivity contribution >= 4 is 22.9 Å². The molecule has 19 heavy (non-hydrogen) atoms. The summed E-state index contributed by atoms with van der Waals surface area (Å²) in [6, 6.07) is 3.95. The molecule has 0 spiro atoms. The number of thiophene rings is 1. The topological polar surface area (TPSA) is 35.2 Å². The van der Waals surface area contributed by atoms with E-state index in [-0.39, 0.29) is 6.10 Å². The van der Waals surface area contributed by atoms with Crippen molar-refractivity contribution in [1.29, 1.82) is 0 Å². The van der Waals surface area contributed by atoms with E-state index in [1.807, 2.05) is 12.1 Å². The van der Waals surface area contributed by atoms with E-state index in [9.17, 15) is 0 Å². The van der Waals surface area contributed by atoms with Gasteiger partial charge in [0, 0.05) is 11.4 Å². The van der Waals surface area contributed by atoms with Gasteiger partial charge < -0.3 is 10.5 Å². The molecule has 0 amide bonds. The molecule has 3 atom stereocenters. The second kappa shape index (κ2) is 6.13. The third-order valence-electron chi connectivity index (χ3n) is 3.83. The van der Waals surface area contributed by atoms with E-state index < -0.39 is 0 Å². The highest BCUT2D eigenvalue weighted by atomic mass is 35.5. The van der Waals surface area contributed by atoms with E-state index >= 15 is 0 Å². The number of hydrogen-bond acceptors (Lipinski definition) is 3. The Morgan fingerprint density at radius 3 is 2.74 bits per heavy atom. The van der Waals surface area contributed by atoms with E-state index in [4.69, 9.17) is 22.1 Å². The van der Waals surface area contributed by atoms with Crippen molar-refractivity contribution in [1.82, 2.24) is 0 Å². The van der Waals surface area contributed by atoms with Crippen molar-refractivity contribution in [3.63, 3.8) is 0 Å². The molecule has 2 N–H and O–H groups in total. The predicted octanol–water partition coefficient (Wildman–Crippen LogP) is 4.63. The van der Waals surface area contributed by atoms with Crippen LogP contribution in [0.1, 0.15) is 51.0 Å². The van der Waals surface area contributed by atoms with Crippen LogP contribution in [0.2, 0.25) is 4.34 Å². The van der Waals surface area contributed by atoms with Crippen molar-refractivity contribution < 1.29 is 4.74 Å². The molecule has 1 fully saturated rings. The summed E-state index contributed by atoms with van der Waals surface area (Å²) in [4.78, 5) is 1.14. The van der Waals surface area contributed by atoms with Crippen molar-refractivity contribution in [3.8, 4) is 0 Å². The fraction of sp³-hybridized carbons (Fsp3) is 0.733. The molecule has 1 saturated carbocycles. The van der Waals surface area contributed by atoms with Gasteiger partial charge in [0.15, 0.2) is 0 Å². The van der Waals surface area contributed by atoms with Gasteiger partial charge in [-0.2, -0.15) is 0 Å². The minimum Gasteiger partial charge on any atom is -0.368 e. The summed E-state index contributed by atoms with van der Waals surface area (Å²) in [5.41, 5.74) is 6.24. The van der Waals surface area contributed by atoms with Crippen LogP contribution in [0.3, 0.4) is 0 Å². The monoisotopic (exact) mass is 301 g/mol. The van der Waals surface area contributed by atoms with Crippen LogP contribution in [0.15, 0.2) is 12.1 Å². The molecule has 1 aliphatic carbocycles. The first-order valence-electron chi connectivity index (χ1n) is 7.00. The Morgan fingerprint density at radius 2 is 2.21 bits per heavy atom. The number of hydrogen-bond donors (Lipinski definition) is 1. The van der Waals surface area contributed by atoms with Crippen LogP contribution in [-0.4, -0.2) is 12.6 Å². The molecule has 0 aromatic carbocycles. The molecule has 0 bridgehead atoms. The van der Waals surface area contributed by atoms with Crippen LogP contribution in [0.25, 0.3) is 0 Å². The van der Waals surface area contributed by atoms with Gasteiger partial charge >= 0.3 is 0 Å². The Kier molecular flexibility index (Phi) is 4.93. The first-order valence-corrected chi connectivity index (χ1v) is 8.20. The van der Waals surface area contributed by atoms with Crippen molar-refractivity contribution in [2.45, 2.75) is 52.2 Å². The zero-order valence-corrected chi connectivity index (χ0v) is 13.6. The summed E-state index contributed by atoms with van der Waals surface area (Å²) in [7, 11) is 0. The second-order valence-corrected chi connectivity index (χ2v) is 8.28. The second-order valence-electron chi connectivity index (χ2n) is 6.54. The Morgan fingerprint density at radius 1 is 1.47 bits per heavy atom. The SMILES string of the molecule is CC1CC(OC(CN)c2ccc(Cl)s2)CC(C)(C)C1. The molecule has 1 aromatic heterocycles. The van der Waals surface area contributed by atoms with E-state index in [1.165, 1.54) is 6.42 Å². The number of halogens is 1. The molecule has 2 rings (SSSR count). The zero-order chi connectivity index (χ0) is 14.0. The van der Waals surface area contributed by atoms with E-state index in [2.05, 4.69) is 20.8 Å². The Labute approximate surface area is 125 Å². The molecule has 108 valence electrons. The van der Waals surface area contributed by atoms with Crippen LogP contribution in [0, 0.1) is 11.3 Å². The average molecular weight is 302 g/mol. The maximum absolute atomic E-state index is 6.27. The van der Waals surface area contributed by atoms with E-state index in [0.29, 0.717) is 18.1 Å². The Bertz CT molecular complexity index is 418. The lowest BCUT2D eigenvalue weighted by Crippen LogP contribution is -2.34. The Hall–Kier alpha value is -0.0900. The first kappa shape index (κ1) is 15.3. The molecule has 1 heterocycles. The standard InChI is InChI=1S/C15H24ClNOS/c1-10-6-11(8-15(2,3)7-10)18-12(9-17)13-4-5-14(16)19-13/h4-5,10-12H,6-9,17H2,1-3H3. The van der Waals surface area contributed by atoms with Crippen LogP contribution >= 0.6 is 22.9 Å². The van der Waals surface area contributed by atoms with Gasteiger partial charge in [-0.05, 0) is 42.7 Å². The van der Waals surface area contributed by atoms with Gasteiger partial charge in [0.25, 0.3) is 0 Å². The summed E-state index contributed by atoms with van der Waals surface area (Å²) in [6.07, 6.45) is 3.84. The molecule has 1 aliphatic rings. The molecule has 0 saturated heterocycles. The quantitative estimate of drug-likeness (QED) is 0.880. The minimum atomic E-state index is -0.0106. The van der Waals surface area contributed by atoms with Gasteiger partial charge in [-0.3, -0.25) is 0 Å². The molecular weight excluding hydrogens is 278 g/mol. The first-order chi connectivity index (χ1) is 8.89. The fourth-order valence-corrected chi connectivity index (χ4v) is 4.45. The lowest BCUT2D eigenvalue weighted by atomic mass is 9.71. The average Bonchev–Trinajstić information content (AvgIpc) is 2.70. The van der Waals surface area contributed by atoms with Crippen LogP contribution in [0.5, 0.6) is 0 Å². The van der Waals surface area contributed by atoms with Gasteiger partial charge in [0.2, 0.25) is 0 Å². The van der Waals surface area contributed by atoms with Gasteiger partial charge in [-0.1, -0.05) is 32.4 Å². The molecule has 3 unspecified atom stereocenters. The molecule has 0 aliphatic heterocycles. The normalized spacial score (nSPS) is 28.3. The summed E-state index contributed by atoms with van der Waals surface area (Å²) in [5, 5.41) is 0. The maximum Gasteiger partial charge on any atom is 0.104 e. The summed E-state index contributed by atoms with van der Waals surface area (Å²) in [6.45, 7) is 7.50. The van der Waals surface area contributed by atoms with Crippen molar-refractivity contribution in [2.75, 3.05) is 6.54 Å². The third kappa shape index (κ3) is 4.19. The lowest BCUT2D eigenvalue weighted by molar-refractivity contribution is -0.0623. The minimum absolute atomic E-state index is 0.0106. The highest BCUT2D eigenvalue weighted by Crippen LogP contribution is 2.41. The highest BCUT2D eigenvalue weighted by molar-refractivity contribution is 7.16. The van der Waals surface area contributed by atoms with Crippen LogP contribution in [0.4, 0.5) is 0 Å². The third-order valence-corrected chi connectivity index (χ3v) is 5.15. The largest absolute Gasteiger partial charge is 0.368 e. The molecule has 0 radical (unpaired) electrons. The molecule has 1 aromatic rings. The number of ether oxygens (including phenoxy) is 1. The lowest BCUT2D eigenvalue weighted by Gasteiger charge is -2.40. The van der Waals surface area contributed by atoms with Crippen LogP contribution in [-0.2, 0) is 4.74 Å². The molecule has 2 nitrogen and oxygen atoms in total. The zero-order valence-electron chi connectivity index (χ0n) is 12.0. The van der Waals surface area contributed by atoms with Gasteiger partial charge in [-0.15, -0.1) is 11.3 Å². The van der Waals surface area contributed by atoms with Gasteiger partial charge in [-0.25, -0.2) is 0 Å². The molecular formula is C15H24ClNOS. The van der Waals surface area contributed by atoms with Gasteiger partial charge in [0.1, 0.15) is 6.10 Å². The smallest absolute Gasteiger partial charge is 0.104 e. The fourth-order valence-electron chi connectivity index (χ4n) is 3.33. The van der Waals surface area contributed by atoms with Crippen molar-refractivity contribution in [2.24, 2.45) is 17.1 Å². The van der Waals surface area contributed by atoms with Crippen molar-refractivity contribution in [3.05, 3.63) is 21.3 Å². The molecule has 4 heteroatoms. The highest BCUT2D eigenvalue weighted by Gasteiger charge is 2.33. The summed E-state index contributed by atoms with van der Waals surface area (Å²) in [5.74, 6) is 0.721. The van der Waals surface area contributed by atoms with E-state index in [0.717, 1.165) is 28.0 Å². The number of nitrogens with two attached hydrogens (primary N) is 1. The van der Waals surface area contributed by atoms with E-state index in [1.54, 1.807) is 11.3 Å². The summed E-state index contributed by atoms with van der Waals surface area (Å²) < 4.78 is 7.07. The Balaban J connectivity index is 2.02. The maximum atomic E-state index is 6.27. The van der Waals surface area contributed by atoms with Gasteiger partial charge in [0.05, 0.1) is 10.4 Å². The predicted molar refractivity (Wildman–Crippen MR) is 82.8 cm³/mol. The van der Waals surface area contributed by atoms with Crippen LogP contribution < -0.4 is 5.73 Å².